The van der Waals surface area contributed by atoms with Crippen LogP contribution in [0.25, 0.3) is 0 Å². The number of rotatable bonds is 4. The van der Waals surface area contributed by atoms with Crippen LogP contribution >= 0.6 is 0 Å². The molecule has 0 aliphatic heterocycles. The highest BCUT2D eigenvalue weighted by Gasteiger charge is 2.10. The van der Waals surface area contributed by atoms with Gasteiger partial charge in [0.25, 0.3) is 0 Å². The van der Waals surface area contributed by atoms with E-state index in [9.17, 15) is 9.32 Å². The lowest BCUT2D eigenvalue weighted by atomic mass is 10.0. The highest BCUT2D eigenvalue weighted by molar-refractivity contribution is 7.88. The van der Waals surface area contributed by atoms with Crippen LogP contribution in [0.3, 0.4) is 0 Å². The number of aliphatic hydroxyl groups excluding tert-OH is 1. The molecule has 2 atom stereocenters. The summed E-state index contributed by atoms with van der Waals surface area (Å²) >= 11 is 0. The minimum atomic E-state index is -1.24. The zero-order valence-corrected chi connectivity index (χ0v) is 12.4. The molecule has 0 saturated carbocycles. The molecular formula is C17H18O2S. The van der Waals surface area contributed by atoms with E-state index in [0.29, 0.717) is 5.57 Å². The lowest BCUT2D eigenvalue weighted by Gasteiger charge is -2.11. The first-order valence-corrected chi connectivity index (χ1v) is 7.68. The van der Waals surface area contributed by atoms with Crippen molar-refractivity contribution in [1.82, 2.24) is 0 Å². The average Bonchev–Trinajstić information content (AvgIpc) is 2.48. The van der Waals surface area contributed by atoms with Crippen LogP contribution in [0, 0.1) is 6.92 Å². The van der Waals surface area contributed by atoms with Crippen molar-refractivity contribution >= 4 is 10.8 Å². The van der Waals surface area contributed by atoms with E-state index in [0.717, 1.165) is 16.0 Å². The monoisotopic (exact) mass is 286 g/mol. The average molecular weight is 286 g/mol. The van der Waals surface area contributed by atoms with Crippen molar-refractivity contribution in [1.29, 1.82) is 0 Å². The zero-order valence-electron chi connectivity index (χ0n) is 11.6. The summed E-state index contributed by atoms with van der Waals surface area (Å²) in [5.74, 6) is 0. The van der Waals surface area contributed by atoms with Crippen molar-refractivity contribution < 1.29 is 9.32 Å². The van der Waals surface area contributed by atoms with Gasteiger partial charge in [-0.1, -0.05) is 48.0 Å². The molecule has 0 heterocycles. The molecule has 2 aromatic rings. The van der Waals surface area contributed by atoms with E-state index >= 15 is 0 Å². The molecular weight excluding hydrogens is 268 g/mol. The maximum absolute atomic E-state index is 12.2. The lowest BCUT2D eigenvalue weighted by molar-refractivity contribution is 0.216. The molecule has 1 N–H and O–H groups in total. The molecule has 0 spiro atoms. The molecule has 0 aliphatic carbocycles. The van der Waals surface area contributed by atoms with Gasteiger partial charge in [-0.05, 0) is 37.1 Å². The van der Waals surface area contributed by atoms with Gasteiger partial charge in [-0.25, -0.2) is 4.21 Å². The van der Waals surface area contributed by atoms with Gasteiger partial charge >= 0.3 is 0 Å². The number of hydrogen-bond donors (Lipinski definition) is 1. The summed E-state index contributed by atoms with van der Waals surface area (Å²) < 4.78 is 12.2. The molecule has 0 radical (unpaired) electrons. The predicted octanol–water partition coefficient (Wildman–Crippen LogP) is 3.74. The second-order valence-corrected chi connectivity index (χ2v) is 6.09. The number of hydrogen-bond acceptors (Lipinski definition) is 2. The fourth-order valence-electron chi connectivity index (χ4n) is 1.87. The van der Waals surface area contributed by atoms with Gasteiger partial charge in [0.1, 0.15) is 6.10 Å². The Bertz CT molecular complexity index is 615. The molecule has 0 fully saturated rings. The number of aryl methyl sites for hydroxylation is 1. The van der Waals surface area contributed by atoms with E-state index in [-0.39, 0.29) is 0 Å². The van der Waals surface area contributed by atoms with Gasteiger partial charge in [-0.3, -0.25) is 0 Å². The van der Waals surface area contributed by atoms with E-state index < -0.39 is 16.9 Å². The molecule has 2 nitrogen and oxygen atoms in total. The van der Waals surface area contributed by atoms with Gasteiger partial charge in [0.05, 0.1) is 10.8 Å². The summed E-state index contributed by atoms with van der Waals surface area (Å²) in [5.41, 5.74) is 2.63. The third-order valence-electron chi connectivity index (χ3n) is 3.09. The summed E-state index contributed by atoms with van der Waals surface area (Å²) in [6.07, 6.45) is -0.717. The van der Waals surface area contributed by atoms with Crippen molar-refractivity contribution in [3.63, 3.8) is 0 Å². The molecule has 0 bridgehead atoms. The standard InChI is InChI=1S/C17H18O2S/c1-13-8-10-16(11-9-13)20(19)12-14(2)17(18)15-6-4-3-5-7-15/h3-12,17-18H,1-2H3/b14-12-/t17-,20+/m0/s1. The van der Waals surface area contributed by atoms with E-state index in [1.54, 1.807) is 12.3 Å². The molecule has 0 unspecified atom stereocenters. The van der Waals surface area contributed by atoms with Crippen LogP contribution in [-0.2, 0) is 10.8 Å². The first-order valence-electron chi connectivity index (χ1n) is 6.46. The van der Waals surface area contributed by atoms with Gasteiger partial charge < -0.3 is 5.11 Å². The normalized spacial score (nSPS) is 14.8. The van der Waals surface area contributed by atoms with Gasteiger partial charge in [0.2, 0.25) is 0 Å². The zero-order chi connectivity index (χ0) is 14.5. The summed E-state index contributed by atoms with van der Waals surface area (Å²) in [5, 5.41) is 11.8. The minimum absolute atomic E-state index is 0.690. The predicted molar refractivity (Wildman–Crippen MR) is 82.7 cm³/mol. The van der Waals surface area contributed by atoms with Crippen LogP contribution < -0.4 is 0 Å². The fourth-order valence-corrected chi connectivity index (χ4v) is 2.88. The third-order valence-corrected chi connectivity index (χ3v) is 4.42. The molecule has 0 aliphatic rings. The molecule has 3 heteroatoms. The van der Waals surface area contributed by atoms with Crippen LogP contribution in [0.2, 0.25) is 0 Å². The second-order valence-electron chi connectivity index (χ2n) is 4.79. The molecule has 2 aromatic carbocycles. The van der Waals surface area contributed by atoms with E-state index in [1.165, 1.54) is 0 Å². The van der Waals surface area contributed by atoms with Crippen LogP contribution in [0.4, 0.5) is 0 Å². The quantitative estimate of drug-likeness (QED) is 0.929. The highest BCUT2D eigenvalue weighted by Crippen LogP contribution is 2.22. The maximum atomic E-state index is 12.2. The van der Waals surface area contributed by atoms with Crippen LogP contribution in [-0.4, -0.2) is 9.32 Å². The van der Waals surface area contributed by atoms with E-state index in [2.05, 4.69) is 0 Å². The Balaban J connectivity index is 2.17. The van der Waals surface area contributed by atoms with Crippen molar-refractivity contribution in [2.75, 3.05) is 0 Å². The van der Waals surface area contributed by atoms with Crippen LogP contribution in [0.5, 0.6) is 0 Å². The summed E-state index contributed by atoms with van der Waals surface area (Å²) in [4.78, 5) is 0.746. The first kappa shape index (κ1) is 14.7. The van der Waals surface area contributed by atoms with Crippen molar-refractivity contribution in [2.24, 2.45) is 0 Å². The van der Waals surface area contributed by atoms with Crippen molar-refractivity contribution in [3.8, 4) is 0 Å². The number of benzene rings is 2. The Morgan fingerprint density at radius 1 is 1.10 bits per heavy atom. The van der Waals surface area contributed by atoms with Crippen molar-refractivity contribution in [2.45, 2.75) is 24.8 Å². The summed E-state index contributed by atoms with van der Waals surface area (Å²) in [6.45, 7) is 3.79. The smallest absolute Gasteiger partial charge is 0.101 e. The summed E-state index contributed by atoms with van der Waals surface area (Å²) in [7, 11) is -1.24. The minimum Gasteiger partial charge on any atom is -0.384 e. The second kappa shape index (κ2) is 6.64. The van der Waals surface area contributed by atoms with Crippen LogP contribution in [0.15, 0.2) is 70.5 Å². The molecule has 0 aromatic heterocycles. The Labute approximate surface area is 122 Å². The Morgan fingerprint density at radius 2 is 1.70 bits per heavy atom. The molecule has 20 heavy (non-hydrogen) atoms. The van der Waals surface area contributed by atoms with Gasteiger partial charge in [0.15, 0.2) is 0 Å². The highest BCUT2D eigenvalue weighted by atomic mass is 32.2. The number of aliphatic hydroxyl groups is 1. The van der Waals surface area contributed by atoms with Gasteiger partial charge in [-0.15, -0.1) is 0 Å². The lowest BCUT2D eigenvalue weighted by Crippen LogP contribution is -2.00. The van der Waals surface area contributed by atoms with Gasteiger partial charge in [-0.2, -0.15) is 0 Å². The maximum Gasteiger partial charge on any atom is 0.101 e. The Kier molecular flexibility index (Phi) is 4.88. The Hall–Kier alpha value is -1.71. The SMILES string of the molecule is C/C(=C/[S@@](=O)c1ccc(C)cc1)[C@H](O)c1ccccc1. The van der Waals surface area contributed by atoms with E-state index in [1.807, 2.05) is 61.5 Å². The third kappa shape index (κ3) is 3.65. The molecule has 104 valence electrons. The van der Waals surface area contributed by atoms with Crippen molar-refractivity contribution in [3.05, 3.63) is 76.7 Å². The fraction of sp³-hybridized carbons (Fsp3) is 0.176. The molecule has 2 rings (SSSR count). The van der Waals surface area contributed by atoms with Crippen LogP contribution in [0.1, 0.15) is 24.2 Å². The van der Waals surface area contributed by atoms with E-state index in [4.69, 9.17) is 0 Å². The topological polar surface area (TPSA) is 37.3 Å². The summed E-state index contributed by atoms with van der Waals surface area (Å²) in [6, 6.07) is 16.9. The molecule has 0 amide bonds. The first-order chi connectivity index (χ1) is 9.58. The molecule has 0 saturated heterocycles. The largest absolute Gasteiger partial charge is 0.384 e. The van der Waals surface area contributed by atoms with Gasteiger partial charge in [0, 0.05) is 10.3 Å². The Morgan fingerprint density at radius 3 is 2.30 bits per heavy atom.